The normalized spacial score (nSPS) is 17.7. The molecule has 0 radical (unpaired) electrons. The smallest absolute Gasteiger partial charge is 0.114 e. The van der Waals surface area contributed by atoms with Crippen molar-refractivity contribution in [1.29, 1.82) is 0 Å². The van der Waals surface area contributed by atoms with Crippen LogP contribution in [-0.2, 0) is 11.3 Å². The van der Waals surface area contributed by atoms with Crippen LogP contribution < -0.4 is 0 Å². The quantitative estimate of drug-likeness (QED) is 0.855. The summed E-state index contributed by atoms with van der Waals surface area (Å²) in [5, 5.41) is 8.44. The first kappa shape index (κ1) is 11.2. The topological polar surface area (TPSA) is 39.9 Å². The second-order valence-corrected chi connectivity index (χ2v) is 5.29. The van der Waals surface area contributed by atoms with Crippen molar-refractivity contribution in [1.82, 2.24) is 15.0 Å². The highest BCUT2D eigenvalue weighted by atomic mass is 79.9. The molecule has 1 aromatic heterocycles. The third-order valence-corrected chi connectivity index (χ3v) is 3.90. The zero-order chi connectivity index (χ0) is 11.7. The van der Waals surface area contributed by atoms with E-state index in [2.05, 4.69) is 26.2 Å². The molecule has 0 N–H and O–H groups in total. The summed E-state index contributed by atoms with van der Waals surface area (Å²) in [7, 11) is 0. The van der Waals surface area contributed by atoms with Gasteiger partial charge in [0.05, 0.1) is 0 Å². The van der Waals surface area contributed by atoms with Crippen molar-refractivity contribution in [3.63, 3.8) is 0 Å². The number of hydrogen-bond donors (Lipinski definition) is 0. The molecule has 0 saturated carbocycles. The van der Waals surface area contributed by atoms with E-state index < -0.39 is 0 Å². The van der Waals surface area contributed by atoms with Crippen molar-refractivity contribution in [2.75, 3.05) is 13.2 Å². The largest absolute Gasteiger partial charge is 0.381 e. The van der Waals surface area contributed by atoms with Crippen LogP contribution in [0, 0.1) is 5.92 Å². The highest BCUT2D eigenvalue weighted by molar-refractivity contribution is 9.10. The van der Waals surface area contributed by atoms with Gasteiger partial charge in [-0.2, -0.15) is 0 Å². The molecule has 0 unspecified atom stereocenters. The molecule has 5 heteroatoms. The molecule has 0 aliphatic carbocycles. The third-order valence-electron chi connectivity index (χ3n) is 3.26. The summed E-state index contributed by atoms with van der Waals surface area (Å²) in [6.07, 6.45) is 2.23. The molecule has 0 spiro atoms. The number of hydrogen-bond acceptors (Lipinski definition) is 3. The number of rotatable bonds is 2. The van der Waals surface area contributed by atoms with Gasteiger partial charge in [-0.25, -0.2) is 4.68 Å². The summed E-state index contributed by atoms with van der Waals surface area (Å²) in [6.45, 7) is 2.68. The van der Waals surface area contributed by atoms with Gasteiger partial charge >= 0.3 is 0 Å². The van der Waals surface area contributed by atoms with Crippen LogP contribution in [0.25, 0.3) is 11.0 Å². The van der Waals surface area contributed by atoms with Crippen LogP contribution in [0.5, 0.6) is 0 Å². The maximum atomic E-state index is 5.38. The molecule has 3 rings (SSSR count). The van der Waals surface area contributed by atoms with E-state index in [0.29, 0.717) is 5.92 Å². The average Bonchev–Trinajstić information content (AvgIpc) is 2.75. The molecule has 0 atom stereocenters. The fourth-order valence-electron chi connectivity index (χ4n) is 2.29. The summed E-state index contributed by atoms with van der Waals surface area (Å²) >= 11 is 3.57. The number of para-hydroxylation sites is 1. The summed E-state index contributed by atoms with van der Waals surface area (Å²) in [5.74, 6) is 0.653. The average molecular weight is 296 g/mol. The first-order chi connectivity index (χ1) is 8.34. The number of nitrogens with zero attached hydrogens (tertiary/aromatic N) is 3. The Morgan fingerprint density at radius 3 is 3.00 bits per heavy atom. The zero-order valence-electron chi connectivity index (χ0n) is 9.47. The number of benzene rings is 1. The van der Waals surface area contributed by atoms with E-state index in [9.17, 15) is 0 Å². The summed E-state index contributed by atoms with van der Waals surface area (Å²) < 4.78 is 8.45. The summed E-state index contributed by atoms with van der Waals surface area (Å²) in [6, 6.07) is 6.01. The molecule has 17 heavy (non-hydrogen) atoms. The van der Waals surface area contributed by atoms with Gasteiger partial charge in [0, 0.05) is 24.2 Å². The molecule has 1 aromatic carbocycles. The highest BCUT2D eigenvalue weighted by Gasteiger charge is 2.17. The Bertz CT molecular complexity index is 519. The second kappa shape index (κ2) is 4.74. The van der Waals surface area contributed by atoms with Crippen LogP contribution in [0.15, 0.2) is 22.7 Å². The standard InChI is InChI=1S/C12H14BrN3O/c13-10-2-1-3-11-12(10)16(15-14-11)8-9-4-6-17-7-5-9/h1-3,9H,4-8H2. The molecule has 0 amide bonds. The van der Waals surface area contributed by atoms with Crippen LogP contribution >= 0.6 is 15.9 Å². The van der Waals surface area contributed by atoms with Crippen molar-refractivity contribution in [3.05, 3.63) is 22.7 Å². The monoisotopic (exact) mass is 295 g/mol. The fourth-order valence-corrected chi connectivity index (χ4v) is 2.85. The van der Waals surface area contributed by atoms with E-state index in [1.807, 2.05) is 22.9 Å². The highest BCUT2D eigenvalue weighted by Crippen LogP contribution is 2.24. The minimum absolute atomic E-state index is 0.653. The Kier molecular flexibility index (Phi) is 3.11. The van der Waals surface area contributed by atoms with E-state index in [4.69, 9.17) is 4.74 Å². The maximum absolute atomic E-state index is 5.38. The molecular formula is C12H14BrN3O. The summed E-state index contributed by atoms with van der Waals surface area (Å²) in [4.78, 5) is 0. The Balaban J connectivity index is 1.89. The molecule has 4 nitrogen and oxygen atoms in total. The van der Waals surface area contributed by atoms with Crippen molar-refractivity contribution in [3.8, 4) is 0 Å². The van der Waals surface area contributed by atoms with Crippen molar-refractivity contribution in [2.45, 2.75) is 19.4 Å². The number of halogens is 1. The zero-order valence-corrected chi connectivity index (χ0v) is 11.1. The van der Waals surface area contributed by atoms with Crippen molar-refractivity contribution >= 4 is 27.0 Å². The van der Waals surface area contributed by atoms with Gasteiger partial charge < -0.3 is 4.74 Å². The molecule has 1 aliphatic rings. The van der Waals surface area contributed by atoms with Gasteiger partial charge in [0.15, 0.2) is 0 Å². The minimum Gasteiger partial charge on any atom is -0.381 e. The number of aromatic nitrogens is 3. The third kappa shape index (κ3) is 2.21. The van der Waals surface area contributed by atoms with Crippen molar-refractivity contribution < 1.29 is 4.74 Å². The Hall–Kier alpha value is -0.940. The van der Waals surface area contributed by atoms with E-state index >= 15 is 0 Å². The lowest BCUT2D eigenvalue weighted by Crippen LogP contribution is -2.21. The summed E-state index contributed by atoms with van der Waals surface area (Å²) in [5.41, 5.74) is 2.05. The SMILES string of the molecule is Brc1cccc2nnn(CC3CCOCC3)c12. The predicted molar refractivity (Wildman–Crippen MR) is 68.8 cm³/mol. The molecule has 90 valence electrons. The van der Waals surface area contributed by atoms with Gasteiger partial charge in [0.2, 0.25) is 0 Å². The lowest BCUT2D eigenvalue weighted by Gasteiger charge is -2.21. The Labute approximate surface area is 108 Å². The maximum Gasteiger partial charge on any atom is 0.114 e. The van der Waals surface area contributed by atoms with Gasteiger partial charge in [0.1, 0.15) is 11.0 Å². The van der Waals surface area contributed by atoms with Crippen LogP contribution in [-0.4, -0.2) is 28.2 Å². The Morgan fingerprint density at radius 1 is 1.35 bits per heavy atom. The number of fused-ring (bicyclic) bond motifs is 1. The predicted octanol–water partition coefficient (Wildman–Crippen LogP) is 2.62. The first-order valence-corrected chi connectivity index (χ1v) is 6.69. The molecule has 2 aromatic rings. The van der Waals surface area contributed by atoms with Gasteiger partial charge in [-0.15, -0.1) is 5.10 Å². The fraction of sp³-hybridized carbons (Fsp3) is 0.500. The number of ether oxygens (including phenoxy) is 1. The minimum atomic E-state index is 0.653. The molecule has 0 bridgehead atoms. The van der Waals surface area contributed by atoms with Crippen molar-refractivity contribution in [2.24, 2.45) is 5.92 Å². The molecule has 2 heterocycles. The van der Waals surface area contributed by atoms with Crippen LogP contribution in [0.2, 0.25) is 0 Å². The van der Waals surface area contributed by atoms with Crippen LogP contribution in [0.4, 0.5) is 0 Å². The van der Waals surface area contributed by atoms with E-state index in [-0.39, 0.29) is 0 Å². The lowest BCUT2D eigenvalue weighted by molar-refractivity contribution is 0.0604. The van der Waals surface area contributed by atoms with Gasteiger partial charge in [-0.05, 0) is 46.8 Å². The molecular weight excluding hydrogens is 282 g/mol. The van der Waals surface area contributed by atoms with Gasteiger partial charge in [-0.1, -0.05) is 11.3 Å². The second-order valence-electron chi connectivity index (χ2n) is 4.43. The molecule has 1 aliphatic heterocycles. The van der Waals surface area contributed by atoms with Crippen LogP contribution in [0.3, 0.4) is 0 Å². The van der Waals surface area contributed by atoms with Gasteiger partial charge in [0.25, 0.3) is 0 Å². The first-order valence-electron chi connectivity index (χ1n) is 5.90. The molecule has 1 fully saturated rings. The lowest BCUT2D eigenvalue weighted by atomic mass is 10.0. The molecule has 1 saturated heterocycles. The Morgan fingerprint density at radius 2 is 2.18 bits per heavy atom. The van der Waals surface area contributed by atoms with E-state index in [1.165, 1.54) is 0 Å². The van der Waals surface area contributed by atoms with E-state index in [0.717, 1.165) is 48.1 Å². The van der Waals surface area contributed by atoms with Gasteiger partial charge in [-0.3, -0.25) is 0 Å². The van der Waals surface area contributed by atoms with Crippen LogP contribution in [0.1, 0.15) is 12.8 Å². The van der Waals surface area contributed by atoms with E-state index in [1.54, 1.807) is 0 Å².